The summed E-state index contributed by atoms with van der Waals surface area (Å²) in [4.78, 5) is 11.8. The molecule has 2 aromatic carbocycles. The van der Waals surface area contributed by atoms with E-state index >= 15 is 0 Å². The van der Waals surface area contributed by atoms with E-state index < -0.39 is 12.6 Å². The van der Waals surface area contributed by atoms with Gasteiger partial charge in [-0.3, -0.25) is 0 Å². The van der Waals surface area contributed by atoms with Gasteiger partial charge in [0, 0.05) is 5.69 Å². The second-order valence-electron chi connectivity index (χ2n) is 3.90. The van der Waals surface area contributed by atoms with Gasteiger partial charge in [0.25, 0.3) is 0 Å². The average Bonchev–Trinajstić information content (AvgIpc) is 2.46. The van der Waals surface area contributed by atoms with Gasteiger partial charge in [-0.15, -0.1) is 0 Å². The minimum absolute atomic E-state index is 0.276. The van der Waals surface area contributed by atoms with Crippen LogP contribution < -0.4 is 5.73 Å². The first-order valence-electron chi connectivity index (χ1n) is 6.45. The molecule has 0 amide bonds. The lowest BCUT2D eigenvalue weighted by molar-refractivity contribution is 0.0551. The Balaban J connectivity index is 1.98. The van der Waals surface area contributed by atoms with Gasteiger partial charge >= 0.3 is 5.97 Å². The Hall–Kier alpha value is -2.55. The van der Waals surface area contributed by atoms with Crippen LogP contribution in [-0.4, -0.2) is 12.6 Å². The highest BCUT2D eigenvalue weighted by Gasteiger charge is 2.08. The first-order chi connectivity index (χ1) is 9.66. The molecular formula is C16H15NO2. The largest absolute Gasteiger partial charge is 0.458 e. The van der Waals surface area contributed by atoms with Gasteiger partial charge in [-0.05, 0) is 23.8 Å². The summed E-state index contributed by atoms with van der Waals surface area (Å²) in [6, 6.07) is 16.1. The van der Waals surface area contributed by atoms with Crippen molar-refractivity contribution in [3.63, 3.8) is 0 Å². The molecule has 0 aliphatic rings. The monoisotopic (exact) mass is 254 g/mol. The number of hydrogen-bond donors (Lipinski definition) is 1. The molecular weight excluding hydrogens is 238 g/mol. The number of hydrogen-bond acceptors (Lipinski definition) is 3. The minimum Gasteiger partial charge on any atom is -0.458 e. The average molecular weight is 254 g/mol. The van der Waals surface area contributed by atoms with Crippen molar-refractivity contribution in [1.82, 2.24) is 0 Å². The van der Waals surface area contributed by atoms with Crippen LogP contribution in [0.2, 0.25) is 0 Å². The Morgan fingerprint density at radius 2 is 1.84 bits per heavy atom. The van der Waals surface area contributed by atoms with Gasteiger partial charge in [0.1, 0.15) is 6.58 Å². The lowest BCUT2D eigenvalue weighted by atomic mass is 10.2. The van der Waals surface area contributed by atoms with E-state index in [0.717, 1.165) is 5.56 Å². The number of esters is 1. The first kappa shape index (κ1) is 11.5. The van der Waals surface area contributed by atoms with E-state index in [2.05, 4.69) is 0 Å². The Morgan fingerprint density at radius 3 is 2.58 bits per heavy atom. The topological polar surface area (TPSA) is 52.3 Å². The van der Waals surface area contributed by atoms with Crippen molar-refractivity contribution >= 4 is 17.7 Å². The zero-order valence-electron chi connectivity index (χ0n) is 11.3. The number of carbonyl (C=O) groups is 1. The van der Waals surface area contributed by atoms with Crippen LogP contribution in [0.1, 0.15) is 17.3 Å². The molecule has 0 saturated heterocycles. The van der Waals surface area contributed by atoms with Crippen molar-refractivity contribution in [2.24, 2.45) is 0 Å². The predicted octanol–water partition coefficient (Wildman–Crippen LogP) is 3.14. The standard InChI is InChI=1S/C16H15NO2/c17-15-11-5-4-10-14(15)16(18)19-12-6-9-13-7-2-1-3-8-13/h1-11H,12,17H2/i12D. The summed E-state index contributed by atoms with van der Waals surface area (Å²) in [5.41, 5.74) is 7.25. The van der Waals surface area contributed by atoms with Crippen LogP contribution in [0.15, 0.2) is 60.7 Å². The highest BCUT2D eigenvalue weighted by atomic mass is 16.5. The number of anilines is 1. The molecule has 96 valence electrons. The van der Waals surface area contributed by atoms with E-state index in [9.17, 15) is 4.79 Å². The van der Waals surface area contributed by atoms with Crippen LogP contribution in [-0.2, 0) is 4.74 Å². The van der Waals surface area contributed by atoms with Gasteiger partial charge in [-0.25, -0.2) is 4.79 Å². The normalized spacial score (nSPS) is 12.9. The third kappa shape index (κ3) is 3.71. The summed E-state index contributed by atoms with van der Waals surface area (Å²) in [6.07, 6.45) is 3.24. The highest BCUT2D eigenvalue weighted by Crippen LogP contribution is 2.11. The molecule has 2 aromatic rings. The van der Waals surface area contributed by atoms with Crippen LogP contribution in [0, 0.1) is 0 Å². The second kappa shape index (κ2) is 6.40. The summed E-state index contributed by atoms with van der Waals surface area (Å²) in [5.74, 6) is -0.596. The first-order valence-corrected chi connectivity index (χ1v) is 5.88. The molecule has 2 N–H and O–H groups in total. The second-order valence-corrected chi connectivity index (χ2v) is 3.90. The van der Waals surface area contributed by atoms with Crippen LogP contribution in [0.5, 0.6) is 0 Å². The van der Waals surface area contributed by atoms with Gasteiger partial charge < -0.3 is 10.5 Å². The number of para-hydroxylation sites is 1. The van der Waals surface area contributed by atoms with Crippen molar-refractivity contribution in [3.05, 3.63) is 71.8 Å². The predicted molar refractivity (Wildman–Crippen MR) is 76.6 cm³/mol. The minimum atomic E-state index is -1.07. The van der Waals surface area contributed by atoms with Crippen molar-refractivity contribution in [2.45, 2.75) is 0 Å². The van der Waals surface area contributed by atoms with E-state index in [0.29, 0.717) is 5.69 Å². The van der Waals surface area contributed by atoms with Crippen LogP contribution >= 0.6 is 0 Å². The lowest BCUT2D eigenvalue weighted by Crippen LogP contribution is -2.07. The molecule has 1 atom stereocenters. The summed E-state index contributed by atoms with van der Waals surface area (Å²) in [7, 11) is 0. The van der Waals surface area contributed by atoms with Gasteiger partial charge in [-0.2, -0.15) is 0 Å². The van der Waals surface area contributed by atoms with Gasteiger partial charge in [0.15, 0.2) is 0 Å². The molecule has 0 saturated carbocycles. The van der Waals surface area contributed by atoms with Gasteiger partial charge in [-0.1, -0.05) is 48.5 Å². The molecule has 0 aromatic heterocycles. The summed E-state index contributed by atoms with van der Waals surface area (Å²) in [5, 5.41) is 0. The Labute approximate surface area is 113 Å². The molecule has 19 heavy (non-hydrogen) atoms. The molecule has 0 spiro atoms. The molecule has 0 fully saturated rings. The molecule has 2 rings (SSSR count). The van der Waals surface area contributed by atoms with Crippen molar-refractivity contribution in [1.29, 1.82) is 0 Å². The SMILES string of the molecule is [2H]C(C=Cc1ccccc1)OC(=O)c1ccccc1N. The highest BCUT2D eigenvalue weighted by molar-refractivity contribution is 5.95. The summed E-state index contributed by atoms with van der Waals surface area (Å²) >= 11 is 0. The molecule has 1 unspecified atom stereocenters. The summed E-state index contributed by atoms with van der Waals surface area (Å²) in [6.45, 7) is -1.07. The van der Waals surface area contributed by atoms with Crippen molar-refractivity contribution in [2.75, 3.05) is 12.3 Å². The van der Waals surface area contributed by atoms with Crippen LogP contribution in [0.4, 0.5) is 5.69 Å². The van der Waals surface area contributed by atoms with Gasteiger partial charge in [0.05, 0.1) is 6.93 Å². The Bertz CT molecular complexity index is 611. The maximum Gasteiger partial charge on any atom is 0.340 e. The fraction of sp³-hybridized carbons (Fsp3) is 0.0625. The smallest absolute Gasteiger partial charge is 0.340 e. The third-order valence-electron chi connectivity index (χ3n) is 2.52. The van der Waals surface area contributed by atoms with E-state index in [-0.39, 0.29) is 5.56 Å². The van der Waals surface area contributed by atoms with Crippen molar-refractivity contribution in [3.8, 4) is 0 Å². The van der Waals surface area contributed by atoms with Gasteiger partial charge in [0.2, 0.25) is 0 Å². The van der Waals surface area contributed by atoms with Crippen LogP contribution in [0.3, 0.4) is 0 Å². The fourth-order valence-corrected chi connectivity index (χ4v) is 1.56. The Morgan fingerprint density at radius 1 is 1.16 bits per heavy atom. The maximum absolute atomic E-state index is 11.8. The molecule has 0 aliphatic carbocycles. The molecule has 0 radical (unpaired) electrons. The molecule has 3 nitrogen and oxygen atoms in total. The Kier molecular flexibility index (Phi) is 3.89. The third-order valence-corrected chi connectivity index (χ3v) is 2.52. The van der Waals surface area contributed by atoms with E-state index in [1.54, 1.807) is 30.3 Å². The quantitative estimate of drug-likeness (QED) is 0.673. The molecule has 0 aliphatic heterocycles. The number of ether oxygens (including phenoxy) is 1. The zero-order chi connectivity index (χ0) is 14.4. The number of nitrogens with two attached hydrogens (primary N) is 1. The summed E-state index contributed by atoms with van der Waals surface area (Å²) < 4.78 is 12.7. The maximum atomic E-state index is 11.8. The van der Waals surface area contributed by atoms with Crippen LogP contribution in [0.25, 0.3) is 6.08 Å². The van der Waals surface area contributed by atoms with E-state index in [1.807, 2.05) is 30.3 Å². The van der Waals surface area contributed by atoms with Crippen molar-refractivity contribution < 1.29 is 10.9 Å². The fourth-order valence-electron chi connectivity index (χ4n) is 1.56. The number of rotatable bonds is 4. The number of nitrogen functional groups attached to an aromatic ring is 1. The molecule has 3 heteroatoms. The van der Waals surface area contributed by atoms with E-state index in [1.165, 1.54) is 6.08 Å². The number of carbonyl (C=O) groups excluding carboxylic acids is 1. The molecule has 0 bridgehead atoms. The lowest BCUT2D eigenvalue weighted by Gasteiger charge is -2.04. The van der Waals surface area contributed by atoms with E-state index in [4.69, 9.17) is 11.8 Å². The zero-order valence-corrected chi connectivity index (χ0v) is 10.3. The molecule has 0 heterocycles. The number of benzene rings is 2.